The maximum absolute atomic E-state index is 12.5. The van der Waals surface area contributed by atoms with Gasteiger partial charge in [-0.05, 0) is 79.0 Å². The van der Waals surface area contributed by atoms with Crippen molar-refractivity contribution in [3.8, 4) is 23.3 Å². The number of nitrogens with zero attached hydrogens (tertiary/aromatic N) is 2. The van der Waals surface area contributed by atoms with E-state index in [9.17, 15) is 10.1 Å². The van der Waals surface area contributed by atoms with Crippen LogP contribution in [0.1, 0.15) is 55.7 Å². The maximum atomic E-state index is 12.5. The standard InChI is InChI=1S/C31H35N3O4S/c1-6-37-25-10-8-7-9-24(25)34-29(35)19-38-26-14-11-20(15-27(26)36-5)18-33-30-23(17-32)22-13-12-21(31(2,3)4)16-28(22)39-30/h7-11,14-15,18,21H,6,12-13,16,19H2,1-5H3,(H,34,35)/t21-/m1/s1. The minimum atomic E-state index is -0.311. The molecule has 4 rings (SSSR count). The minimum Gasteiger partial charge on any atom is -0.493 e. The third-order valence-corrected chi connectivity index (χ3v) is 8.08. The second-order valence-corrected chi connectivity index (χ2v) is 11.6. The number of hydrogen-bond donors (Lipinski definition) is 1. The summed E-state index contributed by atoms with van der Waals surface area (Å²) in [5.74, 6) is 1.83. The van der Waals surface area contributed by atoms with E-state index < -0.39 is 0 Å². The number of aliphatic imine (C=N–C) groups is 1. The number of carbonyl (C=O) groups is 1. The second-order valence-electron chi connectivity index (χ2n) is 10.5. The van der Waals surface area contributed by atoms with Crippen molar-refractivity contribution >= 4 is 34.1 Å². The molecule has 0 bridgehead atoms. The fraction of sp³-hybridized carbons (Fsp3) is 0.387. The zero-order valence-electron chi connectivity index (χ0n) is 23.2. The van der Waals surface area contributed by atoms with Crippen molar-refractivity contribution in [3.05, 3.63) is 64.0 Å². The first-order valence-electron chi connectivity index (χ1n) is 13.1. The number of nitriles is 1. The zero-order chi connectivity index (χ0) is 28.0. The molecule has 0 aliphatic heterocycles. The van der Waals surface area contributed by atoms with Gasteiger partial charge in [0.05, 0.1) is 25.0 Å². The van der Waals surface area contributed by atoms with Gasteiger partial charge in [0.15, 0.2) is 18.1 Å². The van der Waals surface area contributed by atoms with E-state index in [2.05, 4.69) is 37.1 Å². The van der Waals surface area contributed by atoms with Crippen LogP contribution in [0.2, 0.25) is 0 Å². The molecule has 0 spiro atoms. The lowest BCUT2D eigenvalue weighted by Crippen LogP contribution is -2.26. The number of anilines is 1. The lowest BCUT2D eigenvalue weighted by atomic mass is 9.72. The fourth-order valence-corrected chi connectivity index (χ4v) is 5.94. The van der Waals surface area contributed by atoms with E-state index in [1.54, 1.807) is 48.9 Å². The van der Waals surface area contributed by atoms with Crippen LogP contribution in [-0.2, 0) is 17.6 Å². The molecule has 1 aromatic heterocycles. The SMILES string of the molecule is CCOc1ccccc1NC(=O)COc1ccc(C=Nc2sc3c(c2C#N)CC[C@@H](C(C)(C)C)C3)cc1OC. The molecule has 1 N–H and O–H groups in total. The number of carbonyl (C=O) groups excluding carboxylic acids is 1. The van der Waals surface area contributed by atoms with Crippen molar-refractivity contribution in [3.63, 3.8) is 0 Å². The summed E-state index contributed by atoms with van der Waals surface area (Å²) in [6.45, 7) is 9.06. The number of para-hydroxylation sites is 2. The van der Waals surface area contributed by atoms with Crippen LogP contribution in [0.15, 0.2) is 47.5 Å². The molecule has 1 amide bonds. The van der Waals surface area contributed by atoms with Crippen molar-refractivity contribution in [2.75, 3.05) is 25.6 Å². The predicted octanol–water partition coefficient (Wildman–Crippen LogP) is 6.95. The first-order chi connectivity index (χ1) is 18.7. The third-order valence-electron chi connectivity index (χ3n) is 6.92. The maximum Gasteiger partial charge on any atom is 0.262 e. The van der Waals surface area contributed by atoms with Crippen molar-refractivity contribution in [2.45, 2.75) is 47.0 Å². The number of nitrogens with one attached hydrogen (secondary N) is 1. The molecule has 204 valence electrons. The number of hydrogen-bond acceptors (Lipinski definition) is 7. The Kier molecular flexibility index (Phi) is 8.93. The monoisotopic (exact) mass is 545 g/mol. The molecule has 0 saturated heterocycles. The first-order valence-corrected chi connectivity index (χ1v) is 14.0. The van der Waals surface area contributed by atoms with Crippen LogP contribution >= 0.6 is 11.3 Å². The molecule has 7 nitrogen and oxygen atoms in total. The third kappa shape index (κ3) is 6.79. The summed E-state index contributed by atoms with van der Waals surface area (Å²) in [6, 6.07) is 15.0. The normalized spacial score (nSPS) is 14.9. The van der Waals surface area contributed by atoms with Crippen molar-refractivity contribution in [1.29, 1.82) is 5.26 Å². The molecule has 1 aliphatic carbocycles. The zero-order valence-corrected chi connectivity index (χ0v) is 24.0. The topological polar surface area (TPSA) is 92.9 Å². The number of amides is 1. The number of fused-ring (bicyclic) bond motifs is 1. The Labute approximate surface area is 234 Å². The number of rotatable bonds is 9. The van der Waals surface area contributed by atoms with Crippen LogP contribution in [0.3, 0.4) is 0 Å². The van der Waals surface area contributed by atoms with Crippen molar-refractivity contribution in [2.24, 2.45) is 16.3 Å². The quantitative estimate of drug-likeness (QED) is 0.294. The highest BCUT2D eigenvalue weighted by molar-refractivity contribution is 7.16. The summed E-state index contributed by atoms with van der Waals surface area (Å²) in [4.78, 5) is 18.5. The highest BCUT2D eigenvalue weighted by Crippen LogP contribution is 2.45. The Bertz CT molecular complexity index is 1400. The van der Waals surface area contributed by atoms with E-state index in [4.69, 9.17) is 14.2 Å². The minimum absolute atomic E-state index is 0.188. The largest absolute Gasteiger partial charge is 0.493 e. The van der Waals surface area contributed by atoms with Gasteiger partial charge in [-0.25, -0.2) is 4.99 Å². The molecule has 8 heteroatoms. The average Bonchev–Trinajstić information content (AvgIpc) is 3.28. The molecule has 3 aromatic rings. The van der Waals surface area contributed by atoms with Gasteiger partial charge in [-0.3, -0.25) is 4.79 Å². The van der Waals surface area contributed by atoms with Gasteiger partial charge in [0.25, 0.3) is 5.91 Å². The molecular formula is C31H35N3O4S. The number of methoxy groups -OCH3 is 1. The van der Waals surface area contributed by atoms with Crippen LogP contribution in [0.5, 0.6) is 17.2 Å². The second kappa shape index (κ2) is 12.4. The van der Waals surface area contributed by atoms with Gasteiger partial charge in [0.2, 0.25) is 0 Å². The fourth-order valence-electron chi connectivity index (χ4n) is 4.71. The van der Waals surface area contributed by atoms with Crippen molar-refractivity contribution in [1.82, 2.24) is 0 Å². The molecular weight excluding hydrogens is 510 g/mol. The summed E-state index contributed by atoms with van der Waals surface area (Å²) in [7, 11) is 1.55. The van der Waals surface area contributed by atoms with Gasteiger partial charge in [0, 0.05) is 11.1 Å². The molecule has 39 heavy (non-hydrogen) atoms. The summed E-state index contributed by atoms with van der Waals surface area (Å²) in [5.41, 5.74) is 3.50. The Morgan fingerprint density at radius 2 is 1.97 bits per heavy atom. The Balaban J connectivity index is 1.44. The van der Waals surface area contributed by atoms with E-state index in [1.165, 1.54) is 10.4 Å². The molecule has 0 radical (unpaired) electrons. The average molecular weight is 546 g/mol. The lowest BCUT2D eigenvalue weighted by Gasteiger charge is -2.33. The van der Waals surface area contributed by atoms with Crippen LogP contribution in [0.25, 0.3) is 0 Å². The highest BCUT2D eigenvalue weighted by Gasteiger charge is 2.32. The van der Waals surface area contributed by atoms with Crippen LogP contribution in [0, 0.1) is 22.7 Å². The Morgan fingerprint density at radius 1 is 1.18 bits per heavy atom. The molecule has 0 fully saturated rings. The van der Waals surface area contributed by atoms with Crippen molar-refractivity contribution < 1.29 is 19.0 Å². The summed E-state index contributed by atoms with van der Waals surface area (Å²) in [6.07, 6.45) is 4.76. The highest BCUT2D eigenvalue weighted by atomic mass is 32.1. The first kappa shape index (κ1) is 28.2. The number of thiophene rings is 1. The molecule has 1 aliphatic rings. The molecule has 2 aromatic carbocycles. The van der Waals surface area contributed by atoms with E-state index in [1.807, 2.05) is 25.1 Å². The number of benzene rings is 2. The van der Waals surface area contributed by atoms with Gasteiger partial charge in [-0.1, -0.05) is 32.9 Å². The predicted molar refractivity (Wildman–Crippen MR) is 156 cm³/mol. The summed E-state index contributed by atoms with van der Waals surface area (Å²) < 4.78 is 16.8. The van der Waals surface area contributed by atoms with E-state index >= 15 is 0 Å². The van der Waals surface area contributed by atoms with Gasteiger partial charge >= 0.3 is 0 Å². The molecule has 0 saturated carbocycles. The lowest BCUT2D eigenvalue weighted by molar-refractivity contribution is -0.118. The van der Waals surface area contributed by atoms with Crippen LogP contribution in [-0.4, -0.2) is 32.4 Å². The summed E-state index contributed by atoms with van der Waals surface area (Å²) in [5, 5.41) is 13.4. The molecule has 1 atom stereocenters. The Morgan fingerprint density at radius 3 is 2.69 bits per heavy atom. The van der Waals surface area contributed by atoms with Gasteiger partial charge < -0.3 is 19.5 Å². The van der Waals surface area contributed by atoms with Gasteiger partial charge in [-0.2, -0.15) is 5.26 Å². The Hall–Kier alpha value is -3.83. The van der Waals surface area contributed by atoms with E-state index in [-0.39, 0.29) is 17.9 Å². The van der Waals surface area contributed by atoms with E-state index in [0.717, 1.165) is 29.8 Å². The number of ether oxygens (including phenoxy) is 3. The van der Waals surface area contributed by atoms with Gasteiger partial charge in [0.1, 0.15) is 16.8 Å². The van der Waals surface area contributed by atoms with Gasteiger partial charge in [-0.15, -0.1) is 11.3 Å². The molecule has 0 unspecified atom stereocenters. The smallest absolute Gasteiger partial charge is 0.262 e. The van der Waals surface area contributed by atoms with E-state index in [0.29, 0.717) is 41.0 Å². The van der Waals surface area contributed by atoms with Crippen LogP contribution < -0.4 is 19.5 Å². The van der Waals surface area contributed by atoms with Crippen LogP contribution in [0.4, 0.5) is 10.7 Å². The summed E-state index contributed by atoms with van der Waals surface area (Å²) >= 11 is 1.62. The molecule has 1 heterocycles.